The fourth-order valence-electron chi connectivity index (χ4n) is 3.94. The molecule has 6 heteroatoms. The molecule has 0 atom stereocenters. The topological polar surface area (TPSA) is 67.2 Å². The molecule has 184 valence electrons. The zero-order valence-corrected chi connectivity index (χ0v) is 21.1. The summed E-state index contributed by atoms with van der Waals surface area (Å²) in [7, 11) is 0. The van der Waals surface area contributed by atoms with Crippen molar-refractivity contribution in [3.63, 3.8) is 0 Å². The molecule has 0 bridgehead atoms. The molecule has 6 nitrogen and oxygen atoms in total. The number of amides is 2. The fourth-order valence-corrected chi connectivity index (χ4v) is 3.94. The van der Waals surface area contributed by atoms with Crippen LogP contribution in [0.4, 0.5) is 5.82 Å². The van der Waals surface area contributed by atoms with Crippen molar-refractivity contribution in [3.05, 3.63) is 102 Å². The minimum Gasteiger partial charge on any atom is -0.329 e. The maximum atomic E-state index is 13.2. The Morgan fingerprint density at radius 1 is 0.889 bits per heavy atom. The lowest BCUT2D eigenvalue weighted by Gasteiger charge is -2.22. The van der Waals surface area contributed by atoms with Gasteiger partial charge >= 0.3 is 0 Å². The second kappa shape index (κ2) is 11.5. The number of unbranched alkanes of at least 4 members (excludes halogenated alkanes) is 1. The number of hydrogen-bond acceptors (Lipinski definition) is 3. The van der Waals surface area contributed by atoms with Crippen LogP contribution in [0.25, 0.3) is 16.9 Å². The predicted molar refractivity (Wildman–Crippen MR) is 144 cm³/mol. The van der Waals surface area contributed by atoms with Crippen molar-refractivity contribution < 1.29 is 9.59 Å². The largest absolute Gasteiger partial charge is 0.329 e. The van der Waals surface area contributed by atoms with Crippen LogP contribution >= 0.6 is 0 Å². The van der Waals surface area contributed by atoms with E-state index in [1.165, 1.54) is 0 Å². The standard InChI is InChI=1S/C30H32N4O2/c1-4-5-19-33(30(36)25-15-11-22(2)12-16-25)21-29(35)31-28-20-27(24-9-7-6-8-10-24)32-34(28)26-17-13-23(3)14-18-26/h6-18,20H,4-5,19,21H2,1-3H3,(H,31,35). The van der Waals surface area contributed by atoms with Crippen molar-refractivity contribution in [1.29, 1.82) is 0 Å². The molecule has 36 heavy (non-hydrogen) atoms. The molecule has 0 saturated heterocycles. The van der Waals surface area contributed by atoms with Gasteiger partial charge in [0.15, 0.2) is 0 Å². The summed E-state index contributed by atoms with van der Waals surface area (Å²) in [6, 6.07) is 27.1. The van der Waals surface area contributed by atoms with Crippen molar-refractivity contribution in [1.82, 2.24) is 14.7 Å². The molecule has 1 heterocycles. The first-order valence-corrected chi connectivity index (χ1v) is 12.3. The Morgan fingerprint density at radius 2 is 1.53 bits per heavy atom. The molecule has 0 fully saturated rings. The highest BCUT2D eigenvalue weighted by Gasteiger charge is 2.20. The van der Waals surface area contributed by atoms with E-state index in [4.69, 9.17) is 5.10 Å². The second-order valence-corrected chi connectivity index (χ2v) is 9.02. The Bertz CT molecular complexity index is 1310. The monoisotopic (exact) mass is 480 g/mol. The van der Waals surface area contributed by atoms with Crippen molar-refractivity contribution in [2.45, 2.75) is 33.6 Å². The Morgan fingerprint density at radius 3 is 2.17 bits per heavy atom. The number of anilines is 1. The van der Waals surface area contributed by atoms with Crippen molar-refractivity contribution in [2.24, 2.45) is 0 Å². The minimum atomic E-state index is -0.264. The quantitative estimate of drug-likeness (QED) is 0.318. The first-order chi connectivity index (χ1) is 17.4. The summed E-state index contributed by atoms with van der Waals surface area (Å²) in [6.07, 6.45) is 1.75. The molecule has 2 amide bonds. The number of benzene rings is 3. The molecule has 0 radical (unpaired) electrons. The van der Waals surface area contributed by atoms with Gasteiger partial charge in [0.25, 0.3) is 5.91 Å². The van der Waals surface area contributed by atoms with Gasteiger partial charge in [0, 0.05) is 23.7 Å². The molecule has 0 unspecified atom stereocenters. The van der Waals surface area contributed by atoms with E-state index in [9.17, 15) is 9.59 Å². The zero-order valence-electron chi connectivity index (χ0n) is 21.1. The van der Waals surface area contributed by atoms with Gasteiger partial charge in [0.1, 0.15) is 12.4 Å². The van der Waals surface area contributed by atoms with Crippen LogP contribution in [0.15, 0.2) is 84.9 Å². The summed E-state index contributed by atoms with van der Waals surface area (Å²) in [6.45, 7) is 6.56. The molecule has 0 aliphatic carbocycles. The number of hydrogen-bond donors (Lipinski definition) is 1. The summed E-state index contributed by atoms with van der Waals surface area (Å²) in [4.78, 5) is 28.0. The summed E-state index contributed by atoms with van der Waals surface area (Å²) in [5.41, 5.74) is 5.36. The Hall–Kier alpha value is -4.19. The fraction of sp³-hybridized carbons (Fsp3) is 0.233. The Kier molecular flexibility index (Phi) is 7.95. The molecule has 0 aliphatic heterocycles. The summed E-state index contributed by atoms with van der Waals surface area (Å²) >= 11 is 0. The van der Waals surface area contributed by atoms with Gasteiger partial charge in [-0.15, -0.1) is 0 Å². The SMILES string of the molecule is CCCCN(CC(=O)Nc1cc(-c2ccccc2)nn1-c1ccc(C)cc1)C(=O)c1ccc(C)cc1. The zero-order chi connectivity index (χ0) is 25.5. The van der Waals surface area contributed by atoms with Crippen LogP contribution in [0.2, 0.25) is 0 Å². The smallest absolute Gasteiger partial charge is 0.254 e. The van der Waals surface area contributed by atoms with Gasteiger partial charge in [-0.1, -0.05) is 79.1 Å². The van der Waals surface area contributed by atoms with Crippen LogP contribution < -0.4 is 5.32 Å². The van der Waals surface area contributed by atoms with Crippen LogP contribution in [0.1, 0.15) is 41.3 Å². The van der Waals surface area contributed by atoms with Crippen LogP contribution in [0.5, 0.6) is 0 Å². The lowest BCUT2D eigenvalue weighted by Crippen LogP contribution is -2.39. The highest BCUT2D eigenvalue weighted by molar-refractivity contribution is 5.99. The van der Waals surface area contributed by atoms with E-state index >= 15 is 0 Å². The Balaban J connectivity index is 1.59. The van der Waals surface area contributed by atoms with Crippen molar-refractivity contribution in [2.75, 3.05) is 18.4 Å². The van der Waals surface area contributed by atoms with Gasteiger partial charge in [-0.25, -0.2) is 4.68 Å². The molecule has 1 aromatic heterocycles. The van der Waals surface area contributed by atoms with Gasteiger partial charge in [0.05, 0.1) is 11.4 Å². The number of nitrogens with zero attached hydrogens (tertiary/aromatic N) is 3. The van der Waals surface area contributed by atoms with Crippen LogP contribution in [0.3, 0.4) is 0 Å². The third kappa shape index (κ3) is 6.08. The first-order valence-electron chi connectivity index (χ1n) is 12.3. The molecule has 0 aliphatic rings. The normalized spacial score (nSPS) is 10.8. The molecule has 1 N–H and O–H groups in total. The average Bonchev–Trinajstić information content (AvgIpc) is 3.31. The van der Waals surface area contributed by atoms with Crippen molar-refractivity contribution in [3.8, 4) is 16.9 Å². The van der Waals surface area contributed by atoms with Crippen LogP contribution in [-0.2, 0) is 4.79 Å². The average molecular weight is 481 g/mol. The molecule has 0 spiro atoms. The Labute approximate surface area is 212 Å². The maximum Gasteiger partial charge on any atom is 0.254 e. The molecule has 4 rings (SSSR count). The minimum absolute atomic E-state index is 0.0353. The molecule has 0 saturated carbocycles. The summed E-state index contributed by atoms with van der Waals surface area (Å²) in [5, 5.41) is 7.78. The number of aromatic nitrogens is 2. The predicted octanol–water partition coefficient (Wildman–Crippen LogP) is 6.04. The lowest BCUT2D eigenvalue weighted by molar-refractivity contribution is -0.116. The highest BCUT2D eigenvalue weighted by atomic mass is 16.2. The van der Waals surface area contributed by atoms with E-state index in [0.29, 0.717) is 17.9 Å². The van der Waals surface area contributed by atoms with Gasteiger partial charge in [0.2, 0.25) is 5.91 Å². The van der Waals surface area contributed by atoms with E-state index in [0.717, 1.165) is 40.9 Å². The number of carbonyl (C=O) groups excluding carboxylic acids is 2. The van der Waals surface area contributed by atoms with E-state index in [-0.39, 0.29) is 18.4 Å². The van der Waals surface area contributed by atoms with E-state index in [2.05, 4.69) is 12.2 Å². The van der Waals surface area contributed by atoms with E-state index in [1.54, 1.807) is 9.58 Å². The van der Waals surface area contributed by atoms with E-state index in [1.807, 2.05) is 98.8 Å². The third-order valence-electron chi connectivity index (χ3n) is 6.03. The summed E-state index contributed by atoms with van der Waals surface area (Å²) in [5.74, 6) is 0.149. The molecular formula is C30H32N4O2. The maximum absolute atomic E-state index is 13.2. The van der Waals surface area contributed by atoms with Gasteiger partial charge in [-0.3, -0.25) is 9.59 Å². The van der Waals surface area contributed by atoms with Gasteiger partial charge in [-0.2, -0.15) is 5.10 Å². The van der Waals surface area contributed by atoms with Crippen molar-refractivity contribution >= 4 is 17.6 Å². The third-order valence-corrected chi connectivity index (χ3v) is 6.03. The van der Waals surface area contributed by atoms with Gasteiger partial charge < -0.3 is 10.2 Å². The highest BCUT2D eigenvalue weighted by Crippen LogP contribution is 2.25. The second-order valence-electron chi connectivity index (χ2n) is 9.02. The number of aryl methyl sites for hydroxylation is 2. The van der Waals surface area contributed by atoms with Gasteiger partial charge in [-0.05, 0) is 44.5 Å². The molecular weight excluding hydrogens is 448 g/mol. The first kappa shape index (κ1) is 24.9. The number of rotatable bonds is 9. The number of nitrogens with one attached hydrogen (secondary N) is 1. The molecule has 4 aromatic rings. The molecule has 3 aromatic carbocycles. The van der Waals surface area contributed by atoms with E-state index < -0.39 is 0 Å². The van der Waals surface area contributed by atoms with Crippen LogP contribution in [-0.4, -0.2) is 39.6 Å². The number of carbonyl (C=O) groups is 2. The van der Waals surface area contributed by atoms with Crippen LogP contribution in [0, 0.1) is 13.8 Å². The summed E-state index contributed by atoms with van der Waals surface area (Å²) < 4.78 is 1.73. The lowest BCUT2D eigenvalue weighted by atomic mass is 10.1.